The average molecular weight is 336 g/mol. The summed E-state index contributed by atoms with van der Waals surface area (Å²) < 4.78 is 26.9. The Kier molecular flexibility index (Phi) is 8.54. The minimum Gasteiger partial charge on any atom is -0.414 e. The number of hydrogen-bond donors (Lipinski definition) is 0. The molecule has 0 radical (unpaired) electrons. The monoisotopic (exact) mass is 335 g/mol. The fourth-order valence-corrected chi connectivity index (χ4v) is 2.67. The molecular weight excluding hydrogens is 302 g/mol. The SMILES string of the molecule is CC(C)(C)[S@@](=O)N=CCCOCCO[Si](C)(C)C(C)(C)C. The maximum absolute atomic E-state index is 11.7. The van der Waals surface area contributed by atoms with E-state index >= 15 is 0 Å². The van der Waals surface area contributed by atoms with Crippen LogP contribution < -0.4 is 0 Å². The van der Waals surface area contributed by atoms with Crippen LogP contribution in [-0.2, 0) is 20.1 Å². The molecule has 0 aromatic heterocycles. The van der Waals surface area contributed by atoms with Gasteiger partial charge in [0, 0.05) is 12.6 Å². The van der Waals surface area contributed by atoms with Gasteiger partial charge in [-0.1, -0.05) is 20.8 Å². The second-order valence-corrected chi connectivity index (χ2v) is 14.4. The van der Waals surface area contributed by atoms with E-state index in [9.17, 15) is 4.21 Å². The van der Waals surface area contributed by atoms with Crippen molar-refractivity contribution in [2.45, 2.75) is 70.8 Å². The molecule has 0 N–H and O–H groups in total. The summed E-state index contributed by atoms with van der Waals surface area (Å²) in [6.45, 7) is 18.7. The quantitative estimate of drug-likeness (QED) is 0.383. The molecule has 4 nitrogen and oxygen atoms in total. The molecule has 0 bridgehead atoms. The van der Waals surface area contributed by atoms with Crippen LogP contribution in [0.2, 0.25) is 18.1 Å². The van der Waals surface area contributed by atoms with Crippen molar-refractivity contribution in [2.24, 2.45) is 4.40 Å². The summed E-state index contributed by atoms with van der Waals surface area (Å²) in [5.41, 5.74) is 0. The molecule has 0 aliphatic heterocycles. The summed E-state index contributed by atoms with van der Waals surface area (Å²) in [7, 11) is -2.84. The van der Waals surface area contributed by atoms with Crippen LogP contribution in [0, 0.1) is 0 Å². The lowest BCUT2D eigenvalue weighted by molar-refractivity contribution is 0.101. The van der Waals surface area contributed by atoms with E-state index in [0.29, 0.717) is 26.2 Å². The summed E-state index contributed by atoms with van der Waals surface area (Å²) in [6, 6.07) is 0. The van der Waals surface area contributed by atoms with Gasteiger partial charge < -0.3 is 9.16 Å². The molecule has 0 aliphatic carbocycles. The van der Waals surface area contributed by atoms with E-state index in [-0.39, 0.29) is 9.79 Å². The molecule has 0 aromatic carbocycles. The van der Waals surface area contributed by atoms with Crippen molar-refractivity contribution in [1.29, 1.82) is 0 Å². The predicted molar refractivity (Wildman–Crippen MR) is 95.0 cm³/mol. The summed E-state index contributed by atoms with van der Waals surface area (Å²) in [4.78, 5) is 0. The standard InChI is InChI=1S/C15H33NO3SSi/c1-14(2,3)20(17)16-10-9-11-18-12-13-19-21(7,8)15(4,5)6/h10H,9,11-13H2,1-8H3/t20-/m1/s1. The summed E-state index contributed by atoms with van der Waals surface area (Å²) in [6.07, 6.45) is 2.37. The zero-order valence-corrected chi connectivity index (χ0v) is 16.8. The van der Waals surface area contributed by atoms with Crippen molar-refractivity contribution >= 4 is 25.5 Å². The van der Waals surface area contributed by atoms with E-state index in [1.165, 1.54) is 0 Å². The van der Waals surface area contributed by atoms with Crippen LogP contribution in [0.25, 0.3) is 0 Å². The lowest BCUT2D eigenvalue weighted by Crippen LogP contribution is -2.41. The van der Waals surface area contributed by atoms with Gasteiger partial charge in [-0.25, -0.2) is 4.21 Å². The van der Waals surface area contributed by atoms with Crippen LogP contribution in [0.1, 0.15) is 48.0 Å². The third kappa shape index (κ3) is 8.86. The second-order valence-electron chi connectivity index (χ2n) is 7.66. The third-order valence-electron chi connectivity index (χ3n) is 3.58. The Bertz CT molecular complexity index is 357. The average Bonchev–Trinajstić information content (AvgIpc) is 2.29. The van der Waals surface area contributed by atoms with Crippen LogP contribution in [0.5, 0.6) is 0 Å². The zero-order chi connectivity index (χ0) is 16.7. The Balaban J connectivity index is 3.76. The Morgan fingerprint density at radius 3 is 2.10 bits per heavy atom. The molecule has 0 saturated heterocycles. The Morgan fingerprint density at radius 2 is 1.62 bits per heavy atom. The fourth-order valence-electron chi connectivity index (χ4n) is 1.09. The molecule has 0 heterocycles. The molecule has 0 aliphatic rings. The topological polar surface area (TPSA) is 47.9 Å². The molecule has 1 atom stereocenters. The van der Waals surface area contributed by atoms with E-state index in [2.05, 4.69) is 38.3 Å². The first-order valence-corrected chi connectivity index (χ1v) is 11.6. The molecule has 0 amide bonds. The van der Waals surface area contributed by atoms with Gasteiger partial charge in [-0.05, 0) is 38.9 Å². The molecule has 0 fully saturated rings. The van der Waals surface area contributed by atoms with Crippen LogP contribution in [0.4, 0.5) is 0 Å². The van der Waals surface area contributed by atoms with E-state index in [1.807, 2.05) is 20.8 Å². The van der Waals surface area contributed by atoms with Crippen LogP contribution in [0.3, 0.4) is 0 Å². The molecule has 0 rings (SSSR count). The first-order valence-electron chi connectivity index (χ1n) is 7.54. The van der Waals surface area contributed by atoms with Gasteiger partial charge >= 0.3 is 0 Å². The molecule has 0 unspecified atom stereocenters. The van der Waals surface area contributed by atoms with Gasteiger partial charge in [0.1, 0.15) is 11.0 Å². The van der Waals surface area contributed by atoms with Crippen molar-refractivity contribution in [2.75, 3.05) is 19.8 Å². The van der Waals surface area contributed by atoms with Gasteiger partial charge in [-0.3, -0.25) is 0 Å². The second kappa shape index (κ2) is 8.55. The lowest BCUT2D eigenvalue weighted by Gasteiger charge is -2.36. The smallest absolute Gasteiger partial charge is 0.192 e. The maximum atomic E-state index is 11.7. The largest absolute Gasteiger partial charge is 0.414 e. The third-order valence-corrected chi connectivity index (χ3v) is 9.51. The van der Waals surface area contributed by atoms with Crippen molar-refractivity contribution < 1.29 is 13.4 Å². The zero-order valence-electron chi connectivity index (χ0n) is 15.0. The van der Waals surface area contributed by atoms with Gasteiger partial charge in [0.2, 0.25) is 0 Å². The van der Waals surface area contributed by atoms with E-state index in [4.69, 9.17) is 9.16 Å². The highest BCUT2D eigenvalue weighted by Crippen LogP contribution is 2.36. The van der Waals surface area contributed by atoms with Crippen LogP contribution in [0.15, 0.2) is 4.40 Å². The number of nitrogens with zero attached hydrogens (tertiary/aromatic N) is 1. The highest BCUT2D eigenvalue weighted by Gasteiger charge is 2.36. The molecule has 21 heavy (non-hydrogen) atoms. The van der Waals surface area contributed by atoms with Gasteiger partial charge in [0.25, 0.3) is 0 Å². The molecule has 0 spiro atoms. The fraction of sp³-hybridized carbons (Fsp3) is 0.933. The van der Waals surface area contributed by atoms with Crippen LogP contribution >= 0.6 is 0 Å². The Labute approximate surface area is 134 Å². The number of ether oxygens (including phenoxy) is 1. The summed E-state index contributed by atoms with van der Waals surface area (Å²) in [5.74, 6) is 0. The number of hydrogen-bond acceptors (Lipinski definition) is 3. The molecule has 0 aromatic rings. The van der Waals surface area contributed by atoms with E-state index < -0.39 is 19.3 Å². The van der Waals surface area contributed by atoms with Crippen molar-refractivity contribution in [1.82, 2.24) is 0 Å². The van der Waals surface area contributed by atoms with Crippen molar-refractivity contribution in [3.63, 3.8) is 0 Å². The minimum atomic E-state index is -1.66. The molecule has 126 valence electrons. The van der Waals surface area contributed by atoms with Gasteiger partial charge in [0.15, 0.2) is 8.32 Å². The number of rotatable bonds is 8. The van der Waals surface area contributed by atoms with Gasteiger partial charge in [0.05, 0.1) is 24.6 Å². The molecular formula is C15H33NO3SSi. The minimum absolute atomic E-state index is 0.233. The molecule has 6 heteroatoms. The highest BCUT2D eigenvalue weighted by atomic mass is 32.2. The van der Waals surface area contributed by atoms with Crippen molar-refractivity contribution in [3.05, 3.63) is 0 Å². The van der Waals surface area contributed by atoms with E-state index in [1.54, 1.807) is 6.21 Å². The van der Waals surface area contributed by atoms with Gasteiger partial charge in [-0.15, -0.1) is 0 Å². The first kappa shape index (κ1) is 21.0. The highest BCUT2D eigenvalue weighted by molar-refractivity contribution is 7.85. The van der Waals surface area contributed by atoms with Crippen molar-refractivity contribution in [3.8, 4) is 0 Å². The molecule has 0 saturated carbocycles. The maximum Gasteiger partial charge on any atom is 0.192 e. The summed E-state index contributed by atoms with van der Waals surface area (Å²) >= 11 is 0. The normalized spacial score (nSPS) is 15.6. The predicted octanol–water partition coefficient (Wildman–Crippen LogP) is 3.95. The van der Waals surface area contributed by atoms with E-state index in [0.717, 1.165) is 0 Å². The Morgan fingerprint density at radius 1 is 1.05 bits per heavy atom. The van der Waals surface area contributed by atoms with Crippen LogP contribution in [-0.4, -0.2) is 43.3 Å². The van der Waals surface area contributed by atoms with Gasteiger partial charge in [-0.2, -0.15) is 4.40 Å². The Hall–Kier alpha value is -0.0431. The lowest BCUT2D eigenvalue weighted by atomic mass is 10.2. The summed E-state index contributed by atoms with van der Waals surface area (Å²) in [5, 5.41) is 0.233. The first-order chi connectivity index (χ1) is 9.38.